The summed E-state index contributed by atoms with van der Waals surface area (Å²) in [6, 6.07) is 25.7. The third-order valence-electron chi connectivity index (χ3n) is 8.65. The molecule has 0 saturated carbocycles. The van der Waals surface area contributed by atoms with Crippen molar-refractivity contribution < 1.29 is 4.74 Å². The number of nitrogens with zero attached hydrogens (tertiary/aromatic N) is 2. The number of pyridine rings is 1. The SMILES string of the molecule is C=C/C=C(/C)C(=C(C)C)C1=C/C(C)C/C=C2/C(=C/1)N(C(c1ccccc1)c1ccccn1)CC2c1ccc(C(=C)OC)cc1. The van der Waals surface area contributed by atoms with E-state index < -0.39 is 0 Å². The Morgan fingerprint density at radius 3 is 2.36 bits per heavy atom. The van der Waals surface area contributed by atoms with Crippen LogP contribution in [0.5, 0.6) is 0 Å². The Balaban J connectivity index is 1.73. The van der Waals surface area contributed by atoms with Crippen molar-refractivity contribution in [1.82, 2.24) is 9.88 Å². The summed E-state index contributed by atoms with van der Waals surface area (Å²) in [5.41, 5.74) is 12.2. The molecule has 1 saturated heterocycles. The molecule has 0 spiro atoms. The molecule has 2 heterocycles. The van der Waals surface area contributed by atoms with E-state index in [1.54, 1.807) is 7.11 Å². The molecule has 3 nitrogen and oxygen atoms in total. The first-order valence-corrected chi connectivity index (χ1v) is 15.5. The second-order valence-electron chi connectivity index (χ2n) is 12.0. The monoisotopic (exact) mass is 580 g/mol. The van der Waals surface area contributed by atoms with Crippen LogP contribution in [0, 0.1) is 5.92 Å². The maximum absolute atomic E-state index is 5.41. The molecule has 2 aromatic carbocycles. The van der Waals surface area contributed by atoms with Gasteiger partial charge in [0.1, 0.15) is 5.76 Å². The number of rotatable bonds is 9. The van der Waals surface area contributed by atoms with Crippen molar-refractivity contribution in [3.05, 3.63) is 178 Å². The van der Waals surface area contributed by atoms with E-state index in [9.17, 15) is 0 Å². The van der Waals surface area contributed by atoms with Gasteiger partial charge in [-0.2, -0.15) is 0 Å². The fourth-order valence-electron chi connectivity index (χ4n) is 6.59. The number of likely N-dealkylation sites (tertiary alicyclic amines) is 1. The predicted octanol–water partition coefficient (Wildman–Crippen LogP) is 10.1. The Morgan fingerprint density at radius 1 is 1.00 bits per heavy atom. The summed E-state index contributed by atoms with van der Waals surface area (Å²) in [5.74, 6) is 1.27. The molecule has 3 unspecified atom stereocenters. The van der Waals surface area contributed by atoms with Crippen LogP contribution in [-0.2, 0) is 4.74 Å². The van der Waals surface area contributed by atoms with Crippen molar-refractivity contribution in [3.63, 3.8) is 0 Å². The topological polar surface area (TPSA) is 25.4 Å². The van der Waals surface area contributed by atoms with Crippen LogP contribution in [0.1, 0.15) is 68.5 Å². The number of hydrogen-bond acceptors (Lipinski definition) is 3. The molecular formula is C41H44N2O. The summed E-state index contributed by atoms with van der Waals surface area (Å²) in [5, 5.41) is 0. The highest BCUT2D eigenvalue weighted by molar-refractivity contribution is 5.61. The Hall–Kier alpha value is -4.63. The first-order chi connectivity index (χ1) is 21.3. The fraction of sp³-hybridized carbons (Fsp3) is 0.244. The van der Waals surface area contributed by atoms with Crippen LogP contribution >= 0.6 is 0 Å². The van der Waals surface area contributed by atoms with Crippen molar-refractivity contribution in [2.24, 2.45) is 5.92 Å². The number of fused-ring (bicyclic) bond motifs is 1. The summed E-state index contributed by atoms with van der Waals surface area (Å²) in [6.07, 6.45) is 14.2. The van der Waals surface area contributed by atoms with Crippen molar-refractivity contribution in [3.8, 4) is 0 Å². The summed E-state index contributed by atoms with van der Waals surface area (Å²) in [6.45, 7) is 17.8. The molecule has 0 N–H and O–H groups in total. The second-order valence-corrected chi connectivity index (χ2v) is 12.0. The van der Waals surface area contributed by atoms with Crippen molar-refractivity contribution in [2.75, 3.05) is 13.7 Å². The van der Waals surface area contributed by atoms with E-state index in [0.717, 1.165) is 24.2 Å². The third kappa shape index (κ3) is 6.48. The molecule has 3 heteroatoms. The number of benzene rings is 2. The molecule has 3 aromatic rings. The van der Waals surface area contributed by atoms with Gasteiger partial charge < -0.3 is 9.64 Å². The van der Waals surface area contributed by atoms with E-state index in [0.29, 0.717) is 11.7 Å². The highest BCUT2D eigenvalue weighted by atomic mass is 16.5. The smallest absolute Gasteiger partial charge is 0.118 e. The van der Waals surface area contributed by atoms with Crippen LogP contribution in [0.4, 0.5) is 0 Å². The lowest BCUT2D eigenvalue weighted by Crippen LogP contribution is -2.27. The molecule has 0 amide bonds. The highest BCUT2D eigenvalue weighted by Gasteiger charge is 2.39. The van der Waals surface area contributed by atoms with Crippen molar-refractivity contribution in [1.29, 1.82) is 0 Å². The molecule has 224 valence electrons. The Labute approximate surface area is 264 Å². The number of allylic oxidation sites excluding steroid dienone is 10. The molecule has 1 aliphatic heterocycles. The molecule has 0 radical (unpaired) electrons. The lowest BCUT2D eigenvalue weighted by Gasteiger charge is -2.32. The van der Waals surface area contributed by atoms with E-state index in [4.69, 9.17) is 9.72 Å². The van der Waals surface area contributed by atoms with E-state index in [1.165, 1.54) is 44.7 Å². The summed E-state index contributed by atoms with van der Waals surface area (Å²) < 4.78 is 5.41. The molecule has 3 atom stereocenters. The zero-order chi connectivity index (χ0) is 31.2. The number of hydrogen-bond donors (Lipinski definition) is 0. The Kier molecular flexibility index (Phi) is 9.65. The van der Waals surface area contributed by atoms with Crippen LogP contribution in [-0.4, -0.2) is 23.5 Å². The van der Waals surface area contributed by atoms with Gasteiger partial charge >= 0.3 is 0 Å². The molecule has 44 heavy (non-hydrogen) atoms. The summed E-state index contributed by atoms with van der Waals surface area (Å²) in [4.78, 5) is 7.49. The lowest BCUT2D eigenvalue weighted by atomic mass is 9.85. The minimum Gasteiger partial charge on any atom is -0.497 e. The number of ether oxygens (including phenoxy) is 1. The first-order valence-electron chi connectivity index (χ1n) is 15.5. The minimum absolute atomic E-state index is 0.0392. The van der Waals surface area contributed by atoms with Gasteiger partial charge in [-0.1, -0.05) is 111 Å². The van der Waals surface area contributed by atoms with Crippen molar-refractivity contribution in [2.45, 2.75) is 46.1 Å². The van der Waals surface area contributed by atoms with Crippen LogP contribution in [0.15, 0.2) is 156 Å². The van der Waals surface area contributed by atoms with Crippen LogP contribution in [0.25, 0.3) is 5.76 Å². The van der Waals surface area contributed by atoms with Crippen LogP contribution < -0.4 is 0 Å². The Morgan fingerprint density at radius 2 is 1.73 bits per heavy atom. The number of aromatic nitrogens is 1. The quantitative estimate of drug-likeness (QED) is 0.186. The van der Waals surface area contributed by atoms with E-state index in [1.807, 2.05) is 18.3 Å². The maximum Gasteiger partial charge on any atom is 0.118 e. The van der Waals surface area contributed by atoms with Gasteiger partial charge in [0.25, 0.3) is 0 Å². The van der Waals surface area contributed by atoms with Gasteiger partial charge in [-0.3, -0.25) is 4.98 Å². The molecule has 2 aliphatic rings. The van der Waals surface area contributed by atoms with Gasteiger partial charge in [-0.25, -0.2) is 0 Å². The molecule has 0 bridgehead atoms. The van der Waals surface area contributed by atoms with Gasteiger partial charge in [0, 0.05) is 29.9 Å². The molecule has 1 aromatic heterocycles. The van der Waals surface area contributed by atoms with Gasteiger partial charge in [0.05, 0.1) is 18.8 Å². The van der Waals surface area contributed by atoms with E-state index in [-0.39, 0.29) is 12.0 Å². The lowest BCUT2D eigenvalue weighted by molar-refractivity contribution is 0.318. The van der Waals surface area contributed by atoms with Gasteiger partial charge in [-0.05, 0) is 84.7 Å². The highest BCUT2D eigenvalue weighted by Crippen LogP contribution is 2.47. The minimum atomic E-state index is -0.0392. The van der Waals surface area contributed by atoms with Gasteiger partial charge in [-0.15, -0.1) is 0 Å². The molecular weight excluding hydrogens is 536 g/mol. The molecule has 5 rings (SSSR count). The van der Waals surface area contributed by atoms with Crippen LogP contribution in [0.3, 0.4) is 0 Å². The summed E-state index contributed by atoms with van der Waals surface area (Å²) in [7, 11) is 1.67. The molecule has 1 fully saturated rings. The van der Waals surface area contributed by atoms with Crippen molar-refractivity contribution >= 4 is 5.76 Å². The zero-order valence-corrected chi connectivity index (χ0v) is 26.8. The second kappa shape index (κ2) is 13.8. The zero-order valence-electron chi connectivity index (χ0n) is 26.8. The largest absolute Gasteiger partial charge is 0.497 e. The third-order valence-corrected chi connectivity index (χ3v) is 8.65. The summed E-state index contributed by atoms with van der Waals surface area (Å²) >= 11 is 0. The standard InChI is InChI=1S/C41H44N2O/c1-8-14-30(5)40(28(2)3)35-25-29(4)18-23-36-37(33-21-19-32(20-22-33)31(6)44-7)27-43(39(36)26-35)41(34-15-10-9-11-16-34)38-17-12-13-24-42-38/h8-17,19-26,29,37,41H,1,6,18,27H2,2-5,7H3/b30-14-,35-25-,36-23+,39-26-. The molecule has 1 aliphatic carbocycles. The van der Waals surface area contributed by atoms with Gasteiger partial charge in [0.2, 0.25) is 0 Å². The average molecular weight is 581 g/mol. The number of methoxy groups -OCH3 is 1. The normalized spacial score (nSPS) is 22.5. The predicted molar refractivity (Wildman–Crippen MR) is 185 cm³/mol. The van der Waals surface area contributed by atoms with Crippen LogP contribution in [0.2, 0.25) is 0 Å². The fourth-order valence-corrected chi connectivity index (χ4v) is 6.59. The Bertz CT molecular complexity index is 1610. The maximum atomic E-state index is 5.41. The van der Waals surface area contributed by atoms with E-state index >= 15 is 0 Å². The first kappa shape index (κ1) is 30.8. The van der Waals surface area contributed by atoms with E-state index in [2.05, 4.69) is 137 Å². The van der Waals surface area contributed by atoms with Gasteiger partial charge in [0.15, 0.2) is 0 Å². The average Bonchev–Trinajstić information content (AvgIpc) is 3.36.